The Hall–Kier alpha value is -2.87. The van der Waals surface area contributed by atoms with E-state index >= 15 is 0 Å². The molecule has 0 bridgehead atoms. The van der Waals surface area contributed by atoms with Gasteiger partial charge in [-0.2, -0.15) is 0 Å². The van der Waals surface area contributed by atoms with Gasteiger partial charge in [0.15, 0.2) is 11.5 Å². The minimum absolute atomic E-state index is 0.235. The van der Waals surface area contributed by atoms with Crippen molar-refractivity contribution in [1.82, 2.24) is 0 Å². The molecule has 0 saturated heterocycles. The third-order valence-corrected chi connectivity index (χ3v) is 4.05. The van der Waals surface area contributed by atoms with Crippen LogP contribution in [0.1, 0.15) is 6.92 Å². The average Bonchev–Trinajstić information content (AvgIpc) is 2.78. The van der Waals surface area contributed by atoms with E-state index in [1.54, 1.807) is 48.6 Å². The van der Waals surface area contributed by atoms with E-state index in [4.69, 9.17) is 23.7 Å². The lowest BCUT2D eigenvalue weighted by atomic mass is 10.2. The second-order valence-corrected chi connectivity index (χ2v) is 6.39. The predicted molar refractivity (Wildman–Crippen MR) is 121 cm³/mol. The first kappa shape index (κ1) is 24.4. The van der Waals surface area contributed by atoms with Crippen molar-refractivity contribution in [3.8, 4) is 11.5 Å². The van der Waals surface area contributed by atoms with Gasteiger partial charge in [-0.15, -0.1) is 0 Å². The van der Waals surface area contributed by atoms with Crippen LogP contribution in [0, 0.1) is 0 Å². The Morgan fingerprint density at radius 1 is 0.903 bits per heavy atom. The van der Waals surface area contributed by atoms with E-state index in [1.807, 2.05) is 13.0 Å². The minimum Gasteiger partial charge on any atom is -0.487 e. The van der Waals surface area contributed by atoms with E-state index in [-0.39, 0.29) is 5.91 Å². The topological polar surface area (TPSA) is 75.3 Å². The second kappa shape index (κ2) is 15.0. The number of fused-ring (bicyclic) bond motifs is 1. The fraction of sp³-hybridized carbons (Fsp3) is 0.375. The second-order valence-electron chi connectivity index (χ2n) is 6.39. The quantitative estimate of drug-likeness (QED) is 0.568. The lowest BCUT2D eigenvalue weighted by Crippen LogP contribution is -2.14. The third-order valence-electron chi connectivity index (χ3n) is 4.05. The predicted octanol–water partition coefficient (Wildman–Crippen LogP) is 3.69. The number of anilines is 1. The van der Waals surface area contributed by atoms with Gasteiger partial charge in [-0.1, -0.05) is 37.0 Å². The molecule has 168 valence electrons. The molecule has 1 aromatic carbocycles. The van der Waals surface area contributed by atoms with Crippen molar-refractivity contribution in [2.24, 2.45) is 0 Å². The van der Waals surface area contributed by atoms with Crippen LogP contribution in [0.15, 0.2) is 66.8 Å². The summed E-state index contributed by atoms with van der Waals surface area (Å²) in [5.41, 5.74) is 1.11. The zero-order chi connectivity index (χ0) is 22.2. The van der Waals surface area contributed by atoms with Crippen LogP contribution >= 0.6 is 0 Å². The van der Waals surface area contributed by atoms with Crippen molar-refractivity contribution in [2.45, 2.75) is 6.92 Å². The van der Waals surface area contributed by atoms with Gasteiger partial charge in [0.1, 0.15) is 13.2 Å². The molecule has 1 amide bonds. The molecular weight excluding hydrogens is 398 g/mol. The molecule has 0 fully saturated rings. The maximum absolute atomic E-state index is 12.7. The molecule has 1 aliphatic rings. The SMILES string of the molecule is C=C\C=C/C=C(\C=C\C)C(=O)Nc1ccc2c(c1)OCCOCCOCCOCCO2. The van der Waals surface area contributed by atoms with Gasteiger partial charge in [-0.05, 0) is 25.1 Å². The maximum Gasteiger partial charge on any atom is 0.255 e. The summed E-state index contributed by atoms with van der Waals surface area (Å²) in [7, 11) is 0. The van der Waals surface area contributed by atoms with Gasteiger partial charge in [0.2, 0.25) is 0 Å². The van der Waals surface area contributed by atoms with Gasteiger partial charge in [0.25, 0.3) is 5.91 Å². The van der Waals surface area contributed by atoms with E-state index in [0.717, 1.165) is 0 Å². The Balaban J connectivity index is 2.10. The Kier molecular flexibility index (Phi) is 11.8. The highest BCUT2D eigenvalue weighted by Crippen LogP contribution is 2.31. The van der Waals surface area contributed by atoms with Crippen molar-refractivity contribution in [1.29, 1.82) is 0 Å². The standard InChI is InChI=1S/C24H31NO6/c1-3-5-6-8-20(7-4-2)24(26)25-21-9-10-22-23(19-21)31-18-16-29-14-12-27-11-13-28-15-17-30-22/h3-10,19H,1,11-18H2,2H3,(H,25,26)/b6-5-,7-4+,20-8+. The normalized spacial score (nSPS) is 17.1. The van der Waals surface area contributed by atoms with E-state index in [9.17, 15) is 4.79 Å². The van der Waals surface area contributed by atoms with E-state index < -0.39 is 0 Å². The van der Waals surface area contributed by atoms with Crippen molar-refractivity contribution < 1.29 is 28.5 Å². The zero-order valence-electron chi connectivity index (χ0n) is 18.0. The molecule has 0 atom stereocenters. The molecule has 0 aliphatic carbocycles. The Morgan fingerprint density at radius 2 is 1.52 bits per heavy atom. The Morgan fingerprint density at radius 3 is 2.13 bits per heavy atom. The van der Waals surface area contributed by atoms with Gasteiger partial charge in [0.05, 0.1) is 39.6 Å². The maximum atomic E-state index is 12.7. The van der Waals surface area contributed by atoms with Crippen molar-refractivity contribution in [3.05, 3.63) is 66.8 Å². The van der Waals surface area contributed by atoms with Gasteiger partial charge >= 0.3 is 0 Å². The molecule has 1 N–H and O–H groups in total. The summed E-state index contributed by atoms with van der Waals surface area (Å²) in [5, 5.41) is 2.89. The molecule has 7 nitrogen and oxygen atoms in total. The summed E-state index contributed by atoms with van der Waals surface area (Å²) >= 11 is 0. The molecule has 31 heavy (non-hydrogen) atoms. The molecule has 1 aromatic rings. The third kappa shape index (κ3) is 9.65. The van der Waals surface area contributed by atoms with Crippen LogP contribution < -0.4 is 14.8 Å². The number of hydrogen-bond acceptors (Lipinski definition) is 6. The fourth-order valence-electron chi connectivity index (χ4n) is 2.61. The van der Waals surface area contributed by atoms with Crippen LogP contribution in [0.4, 0.5) is 5.69 Å². The number of allylic oxidation sites excluding steroid dienone is 5. The van der Waals surface area contributed by atoms with Crippen LogP contribution in [0.2, 0.25) is 0 Å². The van der Waals surface area contributed by atoms with E-state index in [2.05, 4.69) is 11.9 Å². The first-order chi connectivity index (χ1) is 15.2. The van der Waals surface area contributed by atoms with Gasteiger partial charge in [-0.25, -0.2) is 0 Å². The summed E-state index contributed by atoms with van der Waals surface area (Å²) in [6.45, 7) is 9.08. The van der Waals surface area contributed by atoms with Crippen LogP contribution in [0.5, 0.6) is 11.5 Å². The number of hydrogen-bond donors (Lipinski definition) is 1. The van der Waals surface area contributed by atoms with E-state index in [1.165, 1.54) is 0 Å². The molecule has 0 unspecified atom stereocenters. The van der Waals surface area contributed by atoms with Crippen molar-refractivity contribution in [3.63, 3.8) is 0 Å². The van der Waals surface area contributed by atoms with E-state index in [0.29, 0.717) is 75.6 Å². The summed E-state index contributed by atoms with van der Waals surface area (Å²) in [6.07, 6.45) is 10.4. The summed E-state index contributed by atoms with van der Waals surface area (Å²) in [6, 6.07) is 5.28. The van der Waals surface area contributed by atoms with Gasteiger partial charge < -0.3 is 29.0 Å². The Labute approximate surface area is 184 Å². The lowest BCUT2D eigenvalue weighted by Gasteiger charge is -2.15. The minimum atomic E-state index is -0.235. The molecule has 0 spiro atoms. The largest absolute Gasteiger partial charge is 0.487 e. The lowest BCUT2D eigenvalue weighted by molar-refractivity contribution is -0.112. The van der Waals surface area contributed by atoms with Gasteiger partial charge in [0, 0.05) is 17.3 Å². The number of rotatable bonds is 5. The van der Waals surface area contributed by atoms with Crippen LogP contribution in [0.25, 0.3) is 0 Å². The summed E-state index contributed by atoms with van der Waals surface area (Å²) in [4.78, 5) is 12.7. The number of nitrogens with one attached hydrogen (secondary N) is 1. The molecule has 1 heterocycles. The molecule has 0 aromatic heterocycles. The smallest absolute Gasteiger partial charge is 0.255 e. The highest BCUT2D eigenvalue weighted by atomic mass is 16.6. The number of carbonyl (C=O) groups is 1. The molecule has 2 rings (SSSR count). The highest BCUT2D eigenvalue weighted by Gasteiger charge is 2.11. The highest BCUT2D eigenvalue weighted by molar-refractivity contribution is 6.06. The monoisotopic (exact) mass is 429 g/mol. The van der Waals surface area contributed by atoms with Crippen molar-refractivity contribution >= 4 is 11.6 Å². The van der Waals surface area contributed by atoms with Gasteiger partial charge in [-0.3, -0.25) is 4.79 Å². The fourth-order valence-corrected chi connectivity index (χ4v) is 2.61. The summed E-state index contributed by atoms with van der Waals surface area (Å²) < 4.78 is 28.0. The number of amides is 1. The van der Waals surface area contributed by atoms with Crippen molar-refractivity contribution in [2.75, 3.05) is 58.2 Å². The zero-order valence-corrected chi connectivity index (χ0v) is 18.0. The van der Waals surface area contributed by atoms with Crippen LogP contribution in [-0.2, 0) is 19.0 Å². The average molecular weight is 430 g/mol. The van der Waals surface area contributed by atoms with Crippen LogP contribution in [-0.4, -0.2) is 58.8 Å². The first-order valence-corrected chi connectivity index (χ1v) is 10.3. The number of ether oxygens (including phenoxy) is 5. The number of carbonyl (C=O) groups excluding carboxylic acids is 1. The Bertz CT molecular complexity index is 784. The number of benzene rings is 1. The molecule has 1 aliphatic heterocycles. The molecule has 7 heteroatoms. The molecular formula is C24H31NO6. The van der Waals surface area contributed by atoms with Crippen LogP contribution in [0.3, 0.4) is 0 Å². The molecule has 0 saturated carbocycles. The first-order valence-electron chi connectivity index (χ1n) is 10.3. The summed E-state index contributed by atoms with van der Waals surface area (Å²) in [5.74, 6) is 0.864. The molecule has 0 radical (unpaired) electrons.